The fraction of sp³-hybridized carbons (Fsp3) is 0.600. The molecule has 0 spiro atoms. The zero-order valence-corrected chi connectivity index (χ0v) is 13.1. The Kier molecular flexibility index (Phi) is 5.13. The minimum atomic E-state index is 0.110. The summed E-state index contributed by atoms with van der Waals surface area (Å²) in [6.45, 7) is 6.16. The van der Waals surface area contributed by atoms with Crippen molar-refractivity contribution in [1.82, 2.24) is 4.90 Å². The van der Waals surface area contributed by atoms with Gasteiger partial charge in [0.15, 0.2) is 0 Å². The molecule has 0 radical (unpaired) electrons. The second-order valence-electron chi connectivity index (χ2n) is 5.62. The Morgan fingerprint density at radius 2 is 1.89 bits per heavy atom. The van der Waals surface area contributed by atoms with Gasteiger partial charge in [-0.25, -0.2) is 0 Å². The first-order valence-corrected chi connectivity index (χ1v) is 7.70. The van der Waals surface area contributed by atoms with E-state index < -0.39 is 0 Å². The van der Waals surface area contributed by atoms with Gasteiger partial charge in [0.2, 0.25) is 0 Å². The van der Waals surface area contributed by atoms with Crippen LogP contribution in [-0.4, -0.2) is 24.0 Å². The van der Waals surface area contributed by atoms with Crippen molar-refractivity contribution in [2.24, 2.45) is 11.7 Å². The van der Waals surface area contributed by atoms with Crippen molar-refractivity contribution in [2.45, 2.75) is 38.8 Å². The lowest BCUT2D eigenvalue weighted by Gasteiger charge is -2.42. The molecule has 0 aliphatic carbocycles. The molecule has 1 fully saturated rings. The van der Waals surface area contributed by atoms with E-state index in [9.17, 15) is 0 Å². The molecule has 19 heavy (non-hydrogen) atoms. The van der Waals surface area contributed by atoms with Gasteiger partial charge in [-0.2, -0.15) is 0 Å². The average Bonchev–Trinajstić information content (AvgIpc) is 2.37. The highest BCUT2D eigenvalue weighted by atomic mass is 35.5. The van der Waals surface area contributed by atoms with Crippen LogP contribution in [0.1, 0.15) is 38.3 Å². The van der Waals surface area contributed by atoms with Crippen LogP contribution in [0.15, 0.2) is 18.2 Å². The van der Waals surface area contributed by atoms with Crippen LogP contribution in [-0.2, 0) is 0 Å². The summed E-state index contributed by atoms with van der Waals surface area (Å²) in [5.41, 5.74) is 7.00. The van der Waals surface area contributed by atoms with Crippen LogP contribution in [0.3, 0.4) is 0 Å². The first-order chi connectivity index (χ1) is 9.04. The van der Waals surface area contributed by atoms with Crippen molar-refractivity contribution in [3.8, 4) is 0 Å². The number of rotatable bonds is 3. The number of benzene rings is 1. The summed E-state index contributed by atoms with van der Waals surface area (Å²) in [6.07, 6.45) is 2.49. The molecule has 1 heterocycles. The smallest absolute Gasteiger partial charge is 0.0502 e. The van der Waals surface area contributed by atoms with Gasteiger partial charge in [-0.3, -0.25) is 4.90 Å². The van der Waals surface area contributed by atoms with Gasteiger partial charge in [-0.05, 0) is 37.8 Å². The van der Waals surface area contributed by atoms with Crippen molar-refractivity contribution < 1.29 is 0 Å². The van der Waals surface area contributed by atoms with Gasteiger partial charge in [0.1, 0.15) is 0 Å². The van der Waals surface area contributed by atoms with Crippen molar-refractivity contribution in [3.63, 3.8) is 0 Å². The highest BCUT2D eigenvalue weighted by molar-refractivity contribution is 6.36. The number of nitrogens with two attached hydrogens (primary N) is 1. The summed E-state index contributed by atoms with van der Waals surface area (Å²) in [6, 6.07) is 6.30. The van der Waals surface area contributed by atoms with Crippen LogP contribution >= 0.6 is 23.2 Å². The van der Waals surface area contributed by atoms with Crippen molar-refractivity contribution in [3.05, 3.63) is 33.8 Å². The number of hydrogen-bond acceptors (Lipinski definition) is 2. The molecular weight excluding hydrogens is 279 g/mol. The number of hydrogen-bond donors (Lipinski definition) is 1. The lowest BCUT2D eigenvalue weighted by molar-refractivity contribution is 0.0799. The summed E-state index contributed by atoms with van der Waals surface area (Å²) >= 11 is 12.7. The molecule has 2 nitrogen and oxygen atoms in total. The fourth-order valence-electron chi connectivity index (χ4n) is 3.01. The highest BCUT2D eigenvalue weighted by Crippen LogP contribution is 2.37. The predicted molar refractivity (Wildman–Crippen MR) is 82.8 cm³/mol. The number of likely N-dealkylation sites (tertiary alicyclic amines) is 1. The Bertz CT molecular complexity index is 416. The number of nitrogens with zero attached hydrogens (tertiary/aromatic N) is 1. The topological polar surface area (TPSA) is 29.3 Å². The quantitative estimate of drug-likeness (QED) is 0.910. The molecule has 0 bridgehead atoms. The molecule has 1 aromatic carbocycles. The third kappa shape index (κ3) is 3.25. The van der Waals surface area contributed by atoms with E-state index in [1.807, 2.05) is 18.2 Å². The summed E-state index contributed by atoms with van der Waals surface area (Å²) in [5, 5.41) is 1.43. The van der Waals surface area contributed by atoms with E-state index in [4.69, 9.17) is 28.9 Å². The van der Waals surface area contributed by atoms with Crippen LogP contribution < -0.4 is 5.73 Å². The first-order valence-electron chi connectivity index (χ1n) is 6.94. The zero-order valence-electron chi connectivity index (χ0n) is 11.6. The molecule has 1 saturated heterocycles. The standard InChI is InChI=1S/C15H22Cl2N2/c1-10-6-7-11(2)19(9-10)14(8-18)15-12(16)4-3-5-13(15)17/h3-5,10-11,14H,6-9,18H2,1-2H3. The van der Waals surface area contributed by atoms with E-state index in [0.717, 1.165) is 12.1 Å². The molecule has 0 saturated carbocycles. The Labute approximate surface area is 125 Å². The Morgan fingerprint density at radius 1 is 1.26 bits per heavy atom. The largest absolute Gasteiger partial charge is 0.329 e. The lowest BCUT2D eigenvalue weighted by atomic mass is 9.91. The first kappa shape index (κ1) is 15.1. The number of halogens is 2. The molecule has 3 atom stereocenters. The van der Waals surface area contributed by atoms with Crippen molar-refractivity contribution >= 4 is 23.2 Å². The molecular formula is C15H22Cl2N2. The molecule has 1 aromatic rings. The van der Waals surface area contributed by atoms with Crippen LogP contribution in [0.5, 0.6) is 0 Å². The Hall–Kier alpha value is -0.280. The van der Waals surface area contributed by atoms with E-state index in [2.05, 4.69) is 18.7 Å². The van der Waals surface area contributed by atoms with Gasteiger partial charge in [-0.1, -0.05) is 36.2 Å². The summed E-state index contributed by atoms with van der Waals surface area (Å²) in [7, 11) is 0. The van der Waals surface area contributed by atoms with Crippen LogP contribution in [0.25, 0.3) is 0 Å². The molecule has 0 amide bonds. The van der Waals surface area contributed by atoms with Crippen molar-refractivity contribution in [1.29, 1.82) is 0 Å². The maximum absolute atomic E-state index is 6.34. The van der Waals surface area contributed by atoms with E-state index >= 15 is 0 Å². The minimum absolute atomic E-state index is 0.110. The van der Waals surface area contributed by atoms with Gasteiger partial charge in [0.25, 0.3) is 0 Å². The van der Waals surface area contributed by atoms with Crippen LogP contribution in [0.4, 0.5) is 0 Å². The number of piperidine rings is 1. The van der Waals surface area contributed by atoms with Crippen LogP contribution in [0, 0.1) is 5.92 Å². The summed E-state index contributed by atoms with van der Waals surface area (Å²) in [4.78, 5) is 2.46. The van der Waals surface area contributed by atoms with E-state index in [-0.39, 0.29) is 6.04 Å². The van der Waals surface area contributed by atoms with E-state index in [1.165, 1.54) is 12.8 Å². The molecule has 2 N–H and O–H groups in total. The average molecular weight is 301 g/mol. The van der Waals surface area contributed by atoms with Crippen LogP contribution in [0.2, 0.25) is 10.0 Å². The summed E-state index contributed by atoms with van der Waals surface area (Å²) < 4.78 is 0. The molecule has 1 aliphatic rings. The predicted octanol–water partition coefficient (Wildman–Crippen LogP) is 4.11. The van der Waals surface area contributed by atoms with Gasteiger partial charge in [-0.15, -0.1) is 0 Å². The van der Waals surface area contributed by atoms with Gasteiger partial charge in [0, 0.05) is 34.7 Å². The van der Waals surface area contributed by atoms with Gasteiger partial charge < -0.3 is 5.73 Å². The molecule has 1 aliphatic heterocycles. The molecule has 2 rings (SSSR count). The maximum Gasteiger partial charge on any atom is 0.0502 e. The fourth-order valence-corrected chi connectivity index (χ4v) is 3.65. The van der Waals surface area contributed by atoms with Crippen molar-refractivity contribution in [2.75, 3.05) is 13.1 Å². The second kappa shape index (κ2) is 6.45. The van der Waals surface area contributed by atoms with E-state index in [1.54, 1.807) is 0 Å². The highest BCUT2D eigenvalue weighted by Gasteiger charge is 2.31. The normalized spacial score (nSPS) is 26.4. The SMILES string of the molecule is CC1CCC(C)N(C(CN)c2c(Cl)cccc2Cl)C1. The molecule has 0 aromatic heterocycles. The monoisotopic (exact) mass is 300 g/mol. The molecule has 106 valence electrons. The minimum Gasteiger partial charge on any atom is -0.329 e. The van der Waals surface area contributed by atoms with Gasteiger partial charge >= 0.3 is 0 Å². The summed E-state index contributed by atoms with van der Waals surface area (Å²) in [5.74, 6) is 0.700. The molecule has 4 heteroatoms. The van der Waals surface area contributed by atoms with Gasteiger partial charge in [0.05, 0.1) is 6.04 Å². The second-order valence-corrected chi connectivity index (χ2v) is 6.43. The Balaban J connectivity index is 2.33. The Morgan fingerprint density at radius 3 is 2.47 bits per heavy atom. The molecule has 3 unspecified atom stereocenters. The third-order valence-corrected chi connectivity index (χ3v) is 4.78. The zero-order chi connectivity index (χ0) is 14.0. The third-order valence-electron chi connectivity index (χ3n) is 4.12. The van der Waals surface area contributed by atoms with E-state index in [0.29, 0.717) is 28.5 Å². The maximum atomic E-state index is 6.34. The lowest BCUT2D eigenvalue weighted by Crippen LogP contribution is -2.45.